The lowest BCUT2D eigenvalue weighted by molar-refractivity contribution is 0.0287. The number of hydrogen-bond donors (Lipinski definition) is 0. The normalized spacial score (nSPS) is 21.9. The number of aryl methyl sites for hydroxylation is 1. The molecule has 4 heteroatoms. The van der Waals surface area contributed by atoms with Crippen molar-refractivity contribution >= 4 is 5.78 Å². The van der Waals surface area contributed by atoms with Gasteiger partial charge in [0.1, 0.15) is 11.4 Å². The Kier molecular flexibility index (Phi) is 5.20. The number of Topliss-reactive ketones (excluding diaryl/α,β-unsaturated/α-hetero) is 1. The zero-order valence-corrected chi connectivity index (χ0v) is 17.9. The Morgan fingerprint density at radius 2 is 1.55 bits per heavy atom. The molecule has 1 fully saturated rings. The van der Waals surface area contributed by atoms with Gasteiger partial charge in [0.2, 0.25) is 0 Å². The third-order valence-electron chi connectivity index (χ3n) is 6.97. The van der Waals surface area contributed by atoms with Gasteiger partial charge in [-0.3, -0.25) is 14.6 Å². The molecule has 0 amide bonds. The average molecular weight is 415 g/mol. The van der Waals surface area contributed by atoms with Crippen molar-refractivity contribution in [3.8, 4) is 0 Å². The van der Waals surface area contributed by atoms with Crippen LogP contribution in [0.5, 0.6) is 0 Å². The van der Waals surface area contributed by atoms with Crippen LogP contribution in [0, 0.1) is 12.7 Å². The second-order valence-corrected chi connectivity index (χ2v) is 8.72. The number of fused-ring (bicyclic) bond motifs is 1. The Bertz CT molecular complexity index is 1100. The molecular weight excluding hydrogens is 387 g/mol. The molecule has 1 aliphatic heterocycles. The van der Waals surface area contributed by atoms with E-state index < -0.39 is 5.54 Å². The maximum atomic E-state index is 13.8. The Labute approximate surface area is 183 Å². The smallest absolute Gasteiger partial charge is 0.188 e. The van der Waals surface area contributed by atoms with Crippen molar-refractivity contribution < 1.29 is 9.18 Å². The Hall–Kier alpha value is -2.82. The highest BCUT2D eigenvalue weighted by Gasteiger charge is 2.51. The second kappa shape index (κ2) is 8.03. The van der Waals surface area contributed by atoms with Gasteiger partial charge in [0.05, 0.1) is 0 Å². The van der Waals surface area contributed by atoms with E-state index >= 15 is 0 Å². The number of halogens is 1. The first kappa shape index (κ1) is 20.1. The van der Waals surface area contributed by atoms with Crippen LogP contribution >= 0.6 is 0 Å². The van der Waals surface area contributed by atoms with Crippen LogP contribution in [-0.4, -0.2) is 41.8 Å². The number of nitrogens with zero attached hydrogens (tertiary/aromatic N) is 2. The number of piperazine rings is 1. The minimum Gasteiger partial charge on any atom is -0.297 e. The minimum atomic E-state index is -0.744. The fourth-order valence-corrected chi connectivity index (χ4v) is 5.19. The molecule has 0 spiro atoms. The lowest BCUT2D eigenvalue weighted by Crippen LogP contribution is -2.58. The van der Waals surface area contributed by atoms with Gasteiger partial charge in [-0.05, 0) is 41.3 Å². The molecule has 1 heterocycles. The first-order valence-corrected chi connectivity index (χ1v) is 11.0. The van der Waals surface area contributed by atoms with Crippen LogP contribution in [0.1, 0.15) is 32.6 Å². The maximum Gasteiger partial charge on any atom is 0.188 e. The maximum absolute atomic E-state index is 13.8. The third kappa shape index (κ3) is 3.50. The lowest BCUT2D eigenvalue weighted by atomic mass is 9.83. The van der Waals surface area contributed by atoms with Crippen LogP contribution in [-0.2, 0) is 18.5 Å². The fourth-order valence-electron chi connectivity index (χ4n) is 5.19. The summed E-state index contributed by atoms with van der Waals surface area (Å²) in [5.41, 5.74) is 4.70. The molecule has 0 radical (unpaired) electrons. The summed E-state index contributed by atoms with van der Waals surface area (Å²) in [6.07, 6.45) is 0.644. The Morgan fingerprint density at radius 3 is 2.26 bits per heavy atom. The minimum absolute atomic E-state index is 0.141. The van der Waals surface area contributed by atoms with Gasteiger partial charge in [-0.15, -0.1) is 0 Å². The molecule has 3 nitrogen and oxygen atoms in total. The summed E-state index contributed by atoms with van der Waals surface area (Å²) in [6, 6.07) is 22.9. The highest BCUT2D eigenvalue weighted by atomic mass is 19.1. The summed E-state index contributed by atoms with van der Waals surface area (Å²) in [5.74, 6) is -0.132. The van der Waals surface area contributed by atoms with Crippen molar-refractivity contribution in [3.63, 3.8) is 0 Å². The SMILES string of the molecule is Cc1ccccc1CN1CCN(C2(c3ccc(F)cc3)Cc3ccccc3C2=O)CC1. The second-order valence-electron chi connectivity index (χ2n) is 8.72. The lowest BCUT2D eigenvalue weighted by Gasteiger charge is -2.45. The van der Waals surface area contributed by atoms with Crippen LogP contribution < -0.4 is 0 Å². The molecule has 5 rings (SSSR count). The van der Waals surface area contributed by atoms with Gasteiger partial charge in [0, 0.05) is 44.7 Å². The van der Waals surface area contributed by atoms with Crippen LogP contribution in [0.15, 0.2) is 72.8 Å². The third-order valence-corrected chi connectivity index (χ3v) is 6.97. The number of benzene rings is 3. The van der Waals surface area contributed by atoms with Crippen LogP contribution in [0.25, 0.3) is 0 Å². The Balaban J connectivity index is 1.42. The van der Waals surface area contributed by atoms with Crippen molar-refractivity contribution in [1.82, 2.24) is 9.80 Å². The van der Waals surface area contributed by atoms with E-state index in [0.29, 0.717) is 6.42 Å². The van der Waals surface area contributed by atoms with Crippen molar-refractivity contribution in [2.75, 3.05) is 26.2 Å². The summed E-state index contributed by atoms with van der Waals surface area (Å²) in [5, 5.41) is 0. The average Bonchev–Trinajstić information content (AvgIpc) is 3.10. The summed E-state index contributed by atoms with van der Waals surface area (Å²) < 4.78 is 13.7. The van der Waals surface area contributed by atoms with E-state index in [4.69, 9.17) is 0 Å². The fraction of sp³-hybridized carbons (Fsp3) is 0.296. The van der Waals surface area contributed by atoms with Gasteiger partial charge in [-0.1, -0.05) is 60.7 Å². The molecule has 1 saturated heterocycles. The van der Waals surface area contributed by atoms with Gasteiger partial charge >= 0.3 is 0 Å². The molecular formula is C27H27FN2O. The van der Waals surface area contributed by atoms with E-state index in [0.717, 1.165) is 49.4 Å². The van der Waals surface area contributed by atoms with E-state index in [1.54, 1.807) is 12.1 Å². The summed E-state index contributed by atoms with van der Waals surface area (Å²) >= 11 is 0. The summed E-state index contributed by atoms with van der Waals surface area (Å²) in [4.78, 5) is 18.6. The van der Waals surface area contributed by atoms with Gasteiger partial charge < -0.3 is 0 Å². The van der Waals surface area contributed by atoms with Gasteiger partial charge in [0.15, 0.2) is 5.78 Å². The molecule has 158 valence electrons. The molecule has 1 aliphatic carbocycles. The standard InChI is InChI=1S/C27H27FN2O/c1-20-6-2-3-8-22(20)19-29-14-16-30(17-15-29)27(23-10-12-24(28)13-11-23)18-21-7-4-5-9-25(21)26(27)31/h2-13H,14-19H2,1H3. The van der Waals surface area contributed by atoms with E-state index in [1.165, 1.54) is 23.3 Å². The zero-order chi connectivity index (χ0) is 21.4. The molecule has 0 bridgehead atoms. The first-order valence-electron chi connectivity index (χ1n) is 11.0. The molecule has 31 heavy (non-hydrogen) atoms. The molecule has 1 unspecified atom stereocenters. The molecule has 2 aliphatic rings. The summed E-state index contributed by atoms with van der Waals surface area (Å²) in [7, 11) is 0. The van der Waals surface area contributed by atoms with E-state index in [1.807, 2.05) is 24.3 Å². The van der Waals surface area contributed by atoms with Crippen molar-refractivity contribution in [1.29, 1.82) is 0 Å². The number of carbonyl (C=O) groups excluding carboxylic acids is 1. The van der Waals surface area contributed by atoms with E-state index in [9.17, 15) is 9.18 Å². The number of rotatable bonds is 4. The number of ketones is 1. The van der Waals surface area contributed by atoms with Crippen molar-refractivity contribution in [2.45, 2.75) is 25.4 Å². The van der Waals surface area contributed by atoms with Crippen LogP contribution in [0.2, 0.25) is 0 Å². The van der Waals surface area contributed by atoms with E-state index in [-0.39, 0.29) is 11.6 Å². The highest BCUT2D eigenvalue weighted by molar-refractivity contribution is 6.08. The molecule has 3 aromatic carbocycles. The topological polar surface area (TPSA) is 23.6 Å². The first-order chi connectivity index (χ1) is 15.1. The van der Waals surface area contributed by atoms with Gasteiger partial charge in [-0.25, -0.2) is 4.39 Å². The highest BCUT2D eigenvalue weighted by Crippen LogP contribution is 2.43. The molecule has 0 saturated carbocycles. The predicted octanol–water partition coefficient (Wildman–Crippen LogP) is 4.59. The predicted molar refractivity (Wildman–Crippen MR) is 121 cm³/mol. The van der Waals surface area contributed by atoms with Crippen LogP contribution in [0.4, 0.5) is 4.39 Å². The van der Waals surface area contributed by atoms with Crippen molar-refractivity contribution in [2.24, 2.45) is 0 Å². The Morgan fingerprint density at radius 1 is 0.871 bits per heavy atom. The monoisotopic (exact) mass is 414 g/mol. The molecule has 1 atom stereocenters. The number of hydrogen-bond acceptors (Lipinski definition) is 3. The zero-order valence-electron chi connectivity index (χ0n) is 17.9. The number of carbonyl (C=O) groups is 1. The molecule has 0 N–H and O–H groups in total. The van der Waals surface area contributed by atoms with Gasteiger partial charge in [-0.2, -0.15) is 0 Å². The largest absolute Gasteiger partial charge is 0.297 e. The van der Waals surface area contributed by atoms with Crippen LogP contribution in [0.3, 0.4) is 0 Å². The quantitative estimate of drug-likeness (QED) is 0.624. The summed E-state index contributed by atoms with van der Waals surface area (Å²) in [6.45, 7) is 6.51. The van der Waals surface area contributed by atoms with Gasteiger partial charge in [0.25, 0.3) is 0 Å². The van der Waals surface area contributed by atoms with Crippen molar-refractivity contribution in [3.05, 3.63) is 106 Å². The molecule has 0 aromatic heterocycles. The molecule has 3 aromatic rings. The van der Waals surface area contributed by atoms with E-state index in [2.05, 4.69) is 41.0 Å².